The molecule has 0 radical (unpaired) electrons. The zero-order chi connectivity index (χ0) is 9.53. The number of nitrogens with one attached hydrogen (secondary N) is 1. The number of ether oxygens (including phenoxy) is 2. The minimum Gasteiger partial charge on any atom is -0.382 e. The van der Waals surface area contributed by atoms with Gasteiger partial charge in [0, 0.05) is 0 Å². The van der Waals surface area contributed by atoms with E-state index in [9.17, 15) is 5.11 Å². The van der Waals surface area contributed by atoms with E-state index < -0.39 is 17.6 Å². The maximum atomic E-state index is 9.73. The lowest BCUT2D eigenvalue weighted by atomic mass is 9.90. The number of hydrogen-bond acceptors (Lipinski definition) is 4. The van der Waals surface area contributed by atoms with Crippen LogP contribution in [0.2, 0.25) is 0 Å². The highest BCUT2D eigenvalue weighted by Gasteiger charge is 2.75. The lowest BCUT2D eigenvalue weighted by Crippen LogP contribution is -2.58. The predicted octanol–water partition coefficient (Wildman–Crippen LogP) is -0.628. The number of hydrogen-bond donors (Lipinski definition) is 2. The summed E-state index contributed by atoms with van der Waals surface area (Å²) in [6, 6.07) is 0. The molecule has 72 valence electrons. The van der Waals surface area contributed by atoms with E-state index in [4.69, 9.17) is 16.0 Å². The van der Waals surface area contributed by atoms with Crippen LogP contribution in [-0.2, 0) is 9.47 Å². The molecule has 0 aromatic carbocycles. The molecule has 0 saturated carbocycles. The lowest BCUT2D eigenvalue weighted by molar-refractivity contribution is -0.213. The average molecular weight is 185 g/mol. The van der Waals surface area contributed by atoms with Crippen LogP contribution in [0, 0.1) is 6.57 Å². The number of aliphatic hydroxyl groups excluding tert-OH is 1. The second-order valence-electron chi connectivity index (χ2n) is 3.35. The molecule has 5 heteroatoms. The molecule has 0 amide bonds. The Bertz CT molecular complexity index is 265. The zero-order valence-electron chi connectivity index (χ0n) is 7.49. The molecule has 3 unspecified atom stereocenters. The molecule has 2 saturated heterocycles. The summed E-state index contributed by atoms with van der Waals surface area (Å²) in [5, 5.41) is 12.6. The van der Waals surface area contributed by atoms with Crippen LogP contribution in [0.4, 0.5) is 0 Å². The summed E-state index contributed by atoms with van der Waals surface area (Å²) in [5.41, 5.74) is -0.845. The molecule has 2 aliphatic heterocycles. The first kappa shape index (κ1) is 8.91. The Hall–Kier alpha value is -0.670. The summed E-state index contributed by atoms with van der Waals surface area (Å²) >= 11 is 0. The van der Waals surface area contributed by atoms with Gasteiger partial charge in [0.1, 0.15) is 0 Å². The van der Waals surface area contributed by atoms with E-state index in [-0.39, 0.29) is 6.61 Å². The monoisotopic (exact) mass is 185 g/mol. The molecule has 13 heavy (non-hydrogen) atoms. The second-order valence-corrected chi connectivity index (χ2v) is 3.35. The van der Waals surface area contributed by atoms with Crippen molar-refractivity contribution in [3.63, 3.8) is 0 Å². The third kappa shape index (κ3) is 0.837. The highest BCUT2D eigenvalue weighted by atomic mass is 16.7. The summed E-state index contributed by atoms with van der Waals surface area (Å²) in [5.74, 6) is -1.03. The van der Waals surface area contributed by atoms with Gasteiger partial charge in [-0.15, -0.1) is 0 Å². The molecule has 2 aliphatic rings. The van der Waals surface area contributed by atoms with Gasteiger partial charge >= 0.3 is 11.4 Å². The van der Waals surface area contributed by atoms with Crippen molar-refractivity contribution in [1.82, 2.24) is 5.32 Å². The van der Waals surface area contributed by atoms with E-state index in [1.807, 2.05) is 0 Å². The topological polar surface area (TPSA) is 55.1 Å². The molecule has 3 atom stereocenters. The zero-order valence-corrected chi connectivity index (χ0v) is 7.49. The van der Waals surface area contributed by atoms with E-state index in [0.29, 0.717) is 13.0 Å². The van der Waals surface area contributed by atoms with Crippen molar-refractivity contribution in [2.75, 3.05) is 20.3 Å². The minimum absolute atomic E-state index is 0.196. The minimum atomic E-state index is -1.03. The fraction of sp³-hybridized carbons (Fsp3) is 0.875. The van der Waals surface area contributed by atoms with Crippen LogP contribution in [0.5, 0.6) is 0 Å². The molecule has 0 aromatic rings. The fourth-order valence-electron chi connectivity index (χ4n) is 2.12. The van der Waals surface area contributed by atoms with E-state index >= 15 is 0 Å². The molecule has 0 aromatic heterocycles. The summed E-state index contributed by atoms with van der Waals surface area (Å²) < 4.78 is 10.8. The van der Waals surface area contributed by atoms with Crippen LogP contribution in [0.1, 0.15) is 6.42 Å². The fourth-order valence-corrected chi connectivity index (χ4v) is 2.12. The molecular formula is C8H13N2O3+. The van der Waals surface area contributed by atoms with E-state index in [0.717, 1.165) is 0 Å². The summed E-state index contributed by atoms with van der Waals surface area (Å²) in [6.45, 7) is 6.01. The highest BCUT2D eigenvalue weighted by Crippen LogP contribution is 2.45. The maximum absolute atomic E-state index is 9.73. The first-order valence-electron chi connectivity index (χ1n) is 4.28. The molecule has 2 heterocycles. The Morgan fingerprint density at radius 3 is 2.92 bits per heavy atom. The van der Waals surface area contributed by atoms with Gasteiger partial charge in [-0.2, -0.15) is 0 Å². The first-order chi connectivity index (χ1) is 6.21. The van der Waals surface area contributed by atoms with E-state index in [2.05, 4.69) is 10.2 Å². The molecule has 2 fully saturated rings. The Morgan fingerprint density at radius 2 is 2.38 bits per heavy atom. The Kier molecular flexibility index (Phi) is 1.82. The summed E-state index contributed by atoms with van der Waals surface area (Å²) in [4.78, 5) is 3.74. The molecule has 2 rings (SSSR count). The highest BCUT2D eigenvalue weighted by molar-refractivity contribution is 5.20. The van der Waals surface area contributed by atoms with Gasteiger partial charge in [-0.05, 0) is 7.05 Å². The third-order valence-corrected chi connectivity index (χ3v) is 2.91. The van der Waals surface area contributed by atoms with Gasteiger partial charge in [-0.1, -0.05) is 4.85 Å². The summed E-state index contributed by atoms with van der Waals surface area (Å²) in [7, 11) is 1.70. The van der Waals surface area contributed by atoms with Crippen LogP contribution in [0.15, 0.2) is 0 Å². The smallest absolute Gasteiger partial charge is 0.377 e. The van der Waals surface area contributed by atoms with Gasteiger partial charge in [0.2, 0.25) is 0 Å². The Balaban J connectivity index is 2.42. The van der Waals surface area contributed by atoms with Crippen LogP contribution in [0.25, 0.3) is 4.85 Å². The maximum Gasteiger partial charge on any atom is 0.377 e. The van der Waals surface area contributed by atoms with Crippen LogP contribution in [0.3, 0.4) is 0 Å². The van der Waals surface area contributed by atoms with Crippen LogP contribution < -0.4 is 5.32 Å². The van der Waals surface area contributed by atoms with Crippen molar-refractivity contribution >= 4 is 0 Å². The first-order valence-corrected chi connectivity index (χ1v) is 4.28. The van der Waals surface area contributed by atoms with E-state index in [1.54, 1.807) is 7.05 Å². The number of nitrogens with zero attached hydrogens (tertiary/aromatic N) is 1. The van der Waals surface area contributed by atoms with E-state index in [1.165, 1.54) is 0 Å². The Morgan fingerprint density at radius 1 is 1.62 bits per heavy atom. The molecule has 0 aliphatic carbocycles. The third-order valence-electron chi connectivity index (χ3n) is 2.91. The SMILES string of the molecule is C#[N+]C12CCOC1(NC)OCC2O. The number of rotatable bonds is 1. The normalized spacial score (nSPS) is 48.8. The van der Waals surface area contributed by atoms with Crippen molar-refractivity contribution in [2.24, 2.45) is 0 Å². The standard InChI is InChI=1S/C8H13N2O3/c1-9-7-3-4-12-8(7,10-2)13-5-6(7)11/h1,6,10-11H,3-5H2,2H3/q+1. The van der Waals surface area contributed by atoms with Crippen molar-refractivity contribution < 1.29 is 14.6 Å². The van der Waals surface area contributed by atoms with Crippen LogP contribution >= 0.6 is 0 Å². The largest absolute Gasteiger partial charge is 0.382 e. The van der Waals surface area contributed by atoms with Gasteiger partial charge in [0.15, 0.2) is 6.10 Å². The molecule has 0 bridgehead atoms. The average Bonchev–Trinajstić information content (AvgIpc) is 2.64. The predicted molar refractivity (Wildman–Crippen MR) is 45.4 cm³/mol. The molecule has 0 spiro atoms. The molecular weight excluding hydrogens is 172 g/mol. The number of fused-ring (bicyclic) bond motifs is 1. The van der Waals surface area contributed by atoms with Gasteiger partial charge in [0.25, 0.3) is 6.57 Å². The van der Waals surface area contributed by atoms with Crippen molar-refractivity contribution in [2.45, 2.75) is 24.0 Å². The lowest BCUT2D eigenvalue weighted by Gasteiger charge is -2.25. The Labute approximate surface area is 76.5 Å². The number of aliphatic hydroxyl groups is 1. The van der Waals surface area contributed by atoms with Crippen molar-refractivity contribution in [3.05, 3.63) is 4.85 Å². The van der Waals surface area contributed by atoms with Crippen molar-refractivity contribution in [3.8, 4) is 6.57 Å². The summed E-state index contributed by atoms with van der Waals surface area (Å²) in [6.07, 6.45) is -0.127. The number of likely N-dealkylation sites (N-methyl/N-ethyl adjacent to an activating group) is 1. The molecule has 2 N–H and O–H groups in total. The van der Waals surface area contributed by atoms with Gasteiger partial charge < -0.3 is 14.6 Å². The van der Waals surface area contributed by atoms with Gasteiger partial charge in [0.05, 0.1) is 19.6 Å². The van der Waals surface area contributed by atoms with Gasteiger partial charge in [-0.3, -0.25) is 5.32 Å². The van der Waals surface area contributed by atoms with Crippen molar-refractivity contribution in [1.29, 1.82) is 0 Å². The second kappa shape index (κ2) is 2.66. The quantitative estimate of drug-likeness (QED) is 0.571. The van der Waals surface area contributed by atoms with Gasteiger partial charge in [-0.25, -0.2) is 0 Å². The van der Waals surface area contributed by atoms with Crippen LogP contribution in [-0.4, -0.2) is 42.9 Å². The molecule has 5 nitrogen and oxygen atoms in total.